The summed E-state index contributed by atoms with van der Waals surface area (Å²) >= 11 is 5.61. The zero-order valence-corrected chi connectivity index (χ0v) is 8.94. The van der Waals surface area contributed by atoms with Crippen molar-refractivity contribution in [3.05, 3.63) is 29.0 Å². The Balaban J connectivity index is 0.00000169. The molecule has 4 nitrogen and oxygen atoms in total. The van der Waals surface area contributed by atoms with Gasteiger partial charge in [-0.3, -0.25) is 4.79 Å². The first-order valence-corrected chi connectivity index (χ1v) is 4.21. The van der Waals surface area contributed by atoms with Gasteiger partial charge in [0, 0.05) is 19.3 Å². The number of nitrogens with zero attached hydrogens (tertiary/aromatic N) is 1. The summed E-state index contributed by atoms with van der Waals surface area (Å²) in [7, 11) is 0. The molecule has 1 heterocycles. The molecule has 0 aliphatic rings. The number of amides is 1. The number of aromatic nitrogens is 1. The summed E-state index contributed by atoms with van der Waals surface area (Å²) in [6, 6.07) is 3.18. The van der Waals surface area contributed by atoms with Gasteiger partial charge in [-0.05, 0) is 12.1 Å². The summed E-state index contributed by atoms with van der Waals surface area (Å²) < 4.78 is 0. The van der Waals surface area contributed by atoms with E-state index in [0.717, 1.165) is 0 Å². The van der Waals surface area contributed by atoms with Crippen molar-refractivity contribution in [1.82, 2.24) is 10.3 Å². The van der Waals surface area contributed by atoms with Gasteiger partial charge in [0.15, 0.2) is 0 Å². The molecule has 0 spiro atoms. The van der Waals surface area contributed by atoms with E-state index in [9.17, 15) is 4.79 Å². The van der Waals surface area contributed by atoms with Crippen LogP contribution in [-0.2, 0) is 0 Å². The molecule has 14 heavy (non-hydrogen) atoms. The van der Waals surface area contributed by atoms with Crippen molar-refractivity contribution in [2.45, 2.75) is 0 Å². The predicted octanol–water partition coefficient (Wildman–Crippen LogP) is 0.845. The zero-order valence-electron chi connectivity index (χ0n) is 7.37. The van der Waals surface area contributed by atoms with E-state index in [-0.39, 0.29) is 18.3 Å². The first-order valence-electron chi connectivity index (χ1n) is 3.84. The van der Waals surface area contributed by atoms with Crippen molar-refractivity contribution >= 4 is 29.9 Å². The summed E-state index contributed by atoms with van der Waals surface area (Å²) in [6.07, 6.45) is 1.43. The third-order valence-electron chi connectivity index (χ3n) is 1.39. The maximum Gasteiger partial charge on any atom is 0.269 e. The largest absolute Gasteiger partial charge is 0.349 e. The highest BCUT2D eigenvalue weighted by atomic mass is 35.5. The number of hydrogen-bond donors (Lipinski definition) is 2. The van der Waals surface area contributed by atoms with E-state index in [4.69, 9.17) is 17.3 Å². The SMILES string of the molecule is Cl.NCCNC(=O)c1ccc(Cl)cn1. The maximum absolute atomic E-state index is 11.2. The fraction of sp³-hybridized carbons (Fsp3) is 0.250. The highest BCUT2D eigenvalue weighted by Gasteiger charge is 2.04. The predicted molar refractivity (Wildman–Crippen MR) is 57.9 cm³/mol. The van der Waals surface area contributed by atoms with Crippen LogP contribution >= 0.6 is 24.0 Å². The normalized spacial score (nSPS) is 9.00. The van der Waals surface area contributed by atoms with Crippen LogP contribution in [0.4, 0.5) is 0 Å². The molecular weight excluding hydrogens is 225 g/mol. The van der Waals surface area contributed by atoms with Crippen molar-refractivity contribution < 1.29 is 4.79 Å². The van der Waals surface area contributed by atoms with Gasteiger partial charge in [-0.25, -0.2) is 4.98 Å². The molecule has 0 atom stereocenters. The summed E-state index contributed by atoms with van der Waals surface area (Å²) in [6.45, 7) is 0.864. The molecule has 0 fully saturated rings. The molecule has 1 aromatic heterocycles. The van der Waals surface area contributed by atoms with Crippen molar-refractivity contribution in [1.29, 1.82) is 0 Å². The van der Waals surface area contributed by atoms with Gasteiger partial charge in [0.1, 0.15) is 5.69 Å². The van der Waals surface area contributed by atoms with Crippen LogP contribution in [0.15, 0.2) is 18.3 Å². The summed E-state index contributed by atoms with van der Waals surface area (Å²) in [4.78, 5) is 15.1. The van der Waals surface area contributed by atoms with Crippen LogP contribution < -0.4 is 11.1 Å². The first-order chi connectivity index (χ1) is 6.24. The van der Waals surface area contributed by atoms with E-state index >= 15 is 0 Å². The smallest absolute Gasteiger partial charge is 0.269 e. The van der Waals surface area contributed by atoms with Crippen LogP contribution in [0.2, 0.25) is 5.02 Å². The molecule has 1 amide bonds. The van der Waals surface area contributed by atoms with Crippen molar-refractivity contribution in [3.8, 4) is 0 Å². The van der Waals surface area contributed by atoms with E-state index in [1.54, 1.807) is 12.1 Å². The van der Waals surface area contributed by atoms with Gasteiger partial charge in [0.2, 0.25) is 0 Å². The summed E-state index contributed by atoms with van der Waals surface area (Å²) in [5.41, 5.74) is 5.57. The Morgan fingerprint density at radius 3 is 2.79 bits per heavy atom. The van der Waals surface area contributed by atoms with Crippen LogP contribution in [0.5, 0.6) is 0 Å². The molecule has 6 heteroatoms. The van der Waals surface area contributed by atoms with Crippen molar-refractivity contribution in [3.63, 3.8) is 0 Å². The maximum atomic E-state index is 11.2. The second-order valence-corrected chi connectivity index (χ2v) is 2.84. The van der Waals surface area contributed by atoms with E-state index < -0.39 is 0 Å². The lowest BCUT2D eigenvalue weighted by Crippen LogP contribution is -2.29. The molecule has 0 saturated heterocycles. The Labute approximate surface area is 93.3 Å². The fourth-order valence-electron chi connectivity index (χ4n) is 0.786. The number of nitrogens with one attached hydrogen (secondary N) is 1. The van der Waals surface area contributed by atoms with E-state index in [2.05, 4.69) is 10.3 Å². The minimum atomic E-state index is -0.234. The molecule has 0 unspecified atom stereocenters. The van der Waals surface area contributed by atoms with Crippen molar-refractivity contribution in [2.24, 2.45) is 5.73 Å². The van der Waals surface area contributed by atoms with Gasteiger partial charge in [-0.2, -0.15) is 0 Å². The van der Waals surface area contributed by atoms with Crippen LogP contribution in [0.3, 0.4) is 0 Å². The minimum absolute atomic E-state index is 0. The molecule has 0 radical (unpaired) electrons. The number of pyridine rings is 1. The molecule has 3 N–H and O–H groups in total. The Bertz CT molecular complexity index is 289. The third-order valence-corrected chi connectivity index (χ3v) is 1.61. The molecule has 0 aliphatic heterocycles. The van der Waals surface area contributed by atoms with E-state index in [1.807, 2.05) is 0 Å². The molecule has 0 aromatic carbocycles. The number of hydrogen-bond acceptors (Lipinski definition) is 3. The molecule has 78 valence electrons. The fourth-order valence-corrected chi connectivity index (χ4v) is 0.898. The number of halogens is 2. The summed E-state index contributed by atoms with van der Waals surface area (Å²) in [5.74, 6) is -0.234. The van der Waals surface area contributed by atoms with Gasteiger partial charge < -0.3 is 11.1 Å². The Morgan fingerprint density at radius 2 is 2.29 bits per heavy atom. The van der Waals surface area contributed by atoms with Crippen LogP contribution in [0, 0.1) is 0 Å². The van der Waals surface area contributed by atoms with Crippen LogP contribution in [-0.4, -0.2) is 24.0 Å². The Morgan fingerprint density at radius 1 is 1.57 bits per heavy atom. The zero-order chi connectivity index (χ0) is 9.68. The third kappa shape index (κ3) is 3.91. The highest BCUT2D eigenvalue weighted by Crippen LogP contribution is 2.05. The molecule has 0 aliphatic carbocycles. The second kappa shape index (κ2) is 6.59. The average molecular weight is 236 g/mol. The number of carbonyl (C=O) groups is 1. The number of carbonyl (C=O) groups excluding carboxylic acids is 1. The van der Waals surface area contributed by atoms with Gasteiger partial charge in [-0.15, -0.1) is 12.4 Å². The average Bonchev–Trinajstić information content (AvgIpc) is 2.15. The van der Waals surface area contributed by atoms with Crippen LogP contribution in [0.1, 0.15) is 10.5 Å². The molecule has 1 rings (SSSR count). The van der Waals surface area contributed by atoms with Gasteiger partial charge >= 0.3 is 0 Å². The van der Waals surface area contributed by atoms with E-state index in [1.165, 1.54) is 6.20 Å². The lowest BCUT2D eigenvalue weighted by Gasteiger charge is -2.01. The molecule has 0 saturated carbocycles. The van der Waals surface area contributed by atoms with Crippen molar-refractivity contribution in [2.75, 3.05) is 13.1 Å². The van der Waals surface area contributed by atoms with Crippen LogP contribution in [0.25, 0.3) is 0 Å². The molecule has 0 bridgehead atoms. The standard InChI is InChI=1S/C8H10ClN3O.ClH/c9-6-1-2-7(12-5-6)8(13)11-4-3-10;/h1-2,5H,3-4,10H2,(H,11,13);1H. The summed E-state index contributed by atoms with van der Waals surface area (Å²) in [5, 5.41) is 3.11. The quantitative estimate of drug-likeness (QED) is 0.817. The number of rotatable bonds is 3. The Kier molecular flexibility index (Phi) is 6.19. The van der Waals surface area contributed by atoms with Gasteiger partial charge in [0.25, 0.3) is 5.91 Å². The molecule has 1 aromatic rings. The second-order valence-electron chi connectivity index (χ2n) is 2.41. The Hall–Kier alpha value is -0.840. The van der Waals surface area contributed by atoms with E-state index in [0.29, 0.717) is 23.8 Å². The highest BCUT2D eigenvalue weighted by molar-refractivity contribution is 6.30. The van der Waals surface area contributed by atoms with Gasteiger partial charge in [0.05, 0.1) is 5.02 Å². The lowest BCUT2D eigenvalue weighted by atomic mass is 10.3. The lowest BCUT2D eigenvalue weighted by molar-refractivity contribution is 0.0950. The van der Waals surface area contributed by atoms with Gasteiger partial charge in [-0.1, -0.05) is 11.6 Å². The topological polar surface area (TPSA) is 68.0 Å². The monoisotopic (exact) mass is 235 g/mol. The number of nitrogens with two attached hydrogens (primary N) is 1. The molecular formula is C8H11Cl2N3O. The first kappa shape index (κ1) is 13.2. The minimum Gasteiger partial charge on any atom is -0.349 e.